The zero-order chi connectivity index (χ0) is 14.8. The molecule has 0 fully saturated rings. The number of hydrogen-bond donors (Lipinski definition) is 1. The molecular weight excluding hydrogens is 332 g/mol. The van der Waals surface area contributed by atoms with Gasteiger partial charge < -0.3 is 14.2 Å². The fourth-order valence-corrected chi connectivity index (χ4v) is 2.53. The average molecular weight is 347 g/mol. The summed E-state index contributed by atoms with van der Waals surface area (Å²) >= 11 is 3.42. The van der Waals surface area contributed by atoms with Crippen molar-refractivity contribution < 1.29 is 9.84 Å². The number of ether oxygens (including phenoxy) is 1. The molecule has 0 unspecified atom stereocenters. The Morgan fingerprint density at radius 1 is 1.33 bits per heavy atom. The Bertz CT molecular complexity index is 735. The highest BCUT2D eigenvalue weighted by atomic mass is 79.9. The monoisotopic (exact) mass is 346 g/mol. The Hall–Kier alpha value is -1.85. The fraction of sp³-hybridized carbons (Fsp3) is 0.188. The molecule has 0 aliphatic carbocycles. The summed E-state index contributed by atoms with van der Waals surface area (Å²) in [5.41, 5.74) is 2.50. The second-order valence-electron chi connectivity index (χ2n) is 4.85. The van der Waals surface area contributed by atoms with Crippen molar-refractivity contribution in [2.24, 2.45) is 0 Å². The minimum Gasteiger partial charge on any atom is -0.487 e. The average Bonchev–Trinajstić information content (AvgIpc) is 2.87. The predicted octanol–water partition coefficient (Wildman–Crippen LogP) is 3.73. The van der Waals surface area contributed by atoms with Crippen LogP contribution in [-0.2, 0) is 6.61 Å². The van der Waals surface area contributed by atoms with Gasteiger partial charge in [0.25, 0.3) is 0 Å². The number of aliphatic hydroxyl groups excluding tert-OH is 1. The summed E-state index contributed by atoms with van der Waals surface area (Å²) in [6, 6.07) is 11.5. The first-order valence-corrected chi connectivity index (χ1v) is 7.46. The van der Waals surface area contributed by atoms with E-state index >= 15 is 0 Å². The Balaban J connectivity index is 1.82. The van der Waals surface area contributed by atoms with Crippen LogP contribution in [0.2, 0.25) is 0 Å². The van der Waals surface area contributed by atoms with Crippen LogP contribution in [0.5, 0.6) is 5.75 Å². The van der Waals surface area contributed by atoms with E-state index in [1.54, 1.807) is 6.92 Å². The third kappa shape index (κ3) is 3.09. The highest BCUT2D eigenvalue weighted by molar-refractivity contribution is 9.10. The lowest BCUT2D eigenvalue weighted by Gasteiger charge is -2.13. The third-order valence-electron chi connectivity index (χ3n) is 3.22. The third-order valence-corrected chi connectivity index (χ3v) is 3.71. The quantitative estimate of drug-likeness (QED) is 0.782. The van der Waals surface area contributed by atoms with Crippen LogP contribution in [0.3, 0.4) is 0 Å². The lowest BCUT2D eigenvalue weighted by molar-refractivity contribution is 0.190. The van der Waals surface area contributed by atoms with E-state index in [1.165, 1.54) is 0 Å². The maximum atomic E-state index is 9.79. The summed E-state index contributed by atoms with van der Waals surface area (Å²) in [4.78, 5) is 4.49. The maximum Gasteiger partial charge on any atom is 0.137 e. The topological polar surface area (TPSA) is 46.8 Å². The van der Waals surface area contributed by atoms with E-state index in [1.807, 2.05) is 53.2 Å². The number of aliphatic hydroxyl groups is 1. The molecular formula is C16H15BrN2O2. The number of aromatic nitrogens is 2. The van der Waals surface area contributed by atoms with Gasteiger partial charge in [0.1, 0.15) is 18.0 Å². The normalized spacial score (nSPS) is 12.5. The van der Waals surface area contributed by atoms with Gasteiger partial charge in [0.05, 0.1) is 11.8 Å². The van der Waals surface area contributed by atoms with Crippen LogP contribution >= 0.6 is 15.9 Å². The summed E-state index contributed by atoms with van der Waals surface area (Å²) in [5, 5.41) is 9.79. The van der Waals surface area contributed by atoms with Crippen molar-refractivity contribution in [1.29, 1.82) is 0 Å². The van der Waals surface area contributed by atoms with Crippen LogP contribution in [0.25, 0.3) is 5.65 Å². The van der Waals surface area contributed by atoms with E-state index in [0.29, 0.717) is 12.4 Å². The number of benzene rings is 1. The van der Waals surface area contributed by atoms with Gasteiger partial charge in [-0.3, -0.25) is 0 Å². The molecule has 0 aliphatic heterocycles. The van der Waals surface area contributed by atoms with Gasteiger partial charge in [0.15, 0.2) is 0 Å². The number of nitrogens with zero attached hydrogens (tertiary/aromatic N) is 2. The molecule has 0 amide bonds. The van der Waals surface area contributed by atoms with Crippen molar-refractivity contribution >= 4 is 21.6 Å². The number of hydrogen-bond acceptors (Lipinski definition) is 3. The molecule has 1 N–H and O–H groups in total. The maximum absolute atomic E-state index is 9.79. The van der Waals surface area contributed by atoms with Crippen LogP contribution in [0.1, 0.15) is 24.3 Å². The molecule has 108 valence electrons. The van der Waals surface area contributed by atoms with Gasteiger partial charge in [-0.25, -0.2) is 4.98 Å². The van der Waals surface area contributed by atoms with E-state index in [2.05, 4.69) is 20.9 Å². The Labute approximate surface area is 131 Å². The minimum atomic E-state index is -0.575. The van der Waals surface area contributed by atoms with E-state index in [4.69, 9.17) is 4.74 Å². The molecule has 2 aromatic heterocycles. The number of imidazole rings is 1. The molecule has 0 spiro atoms. The zero-order valence-electron chi connectivity index (χ0n) is 11.5. The van der Waals surface area contributed by atoms with E-state index in [-0.39, 0.29) is 0 Å². The first-order valence-electron chi connectivity index (χ1n) is 6.66. The highest BCUT2D eigenvalue weighted by Crippen LogP contribution is 2.29. The molecule has 1 aromatic carbocycles. The summed E-state index contributed by atoms with van der Waals surface area (Å²) < 4.78 is 8.70. The lowest BCUT2D eigenvalue weighted by atomic mass is 10.1. The molecule has 0 saturated carbocycles. The van der Waals surface area contributed by atoms with E-state index in [9.17, 15) is 5.11 Å². The van der Waals surface area contributed by atoms with Crippen LogP contribution in [0, 0.1) is 0 Å². The SMILES string of the molecule is C[C@@H](O)c1ccc(Br)cc1OCc1cn2ccccc2n1. The molecule has 0 bridgehead atoms. The molecule has 4 nitrogen and oxygen atoms in total. The van der Waals surface area contributed by atoms with Gasteiger partial charge in [-0.2, -0.15) is 0 Å². The van der Waals surface area contributed by atoms with Gasteiger partial charge in [0, 0.05) is 22.4 Å². The van der Waals surface area contributed by atoms with Gasteiger partial charge in [-0.1, -0.05) is 28.1 Å². The number of rotatable bonds is 4. The zero-order valence-corrected chi connectivity index (χ0v) is 13.1. The van der Waals surface area contributed by atoms with Crippen molar-refractivity contribution in [1.82, 2.24) is 9.38 Å². The lowest BCUT2D eigenvalue weighted by Crippen LogP contribution is -2.01. The van der Waals surface area contributed by atoms with Gasteiger partial charge in [0.2, 0.25) is 0 Å². The number of halogens is 1. The highest BCUT2D eigenvalue weighted by Gasteiger charge is 2.11. The summed E-state index contributed by atoms with van der Waals surface area (Å²) in [6.45, 7) is 2.08. The molecule has 5 heteroatoms. The molecule has 2 heterocycles. The van der Waals surface area contributed by atoms with Crippen LogP contribution in [-0.4, -0.2) is 14.5 Å². The first kappa shape index (κ1) is 14.1. The summed E-state index contributed by atoms with van der Waals surface area (Å²) in [5.74, 6) is 0.663. The Kier molecular flexibility index (Phi) is 3.94. The molecule has 0 aliphatic rings. The summed E-state index contributed by atoms with van der Waals surface area (Å²) in [6.07, 6.45) is 3.32. The Morgan fingerprint density at radius 2 is 2.19 bits per heavy atom. The molecule has 3 aromatic rings. The molecule has 0 radical (unpaired) electrons. The van der Waals surface area contributed by atoms with Crippen LogP contribution in [0.4, 0.5) is 0 Å². The van der Waals surface area contributed by atoms with Crippen molar-refractivity contribution in [2.45, 2.75) is 19.6 Å². The van der Waals surface area contributed by atoms with E-state index < -0.39 is 6.10 Å². The first-order chi connectivity index (χ1) is 10.1. The second-order valence-corrected chi connectivity index (χ2v) is 5.76. The van der Waals surface area contributed by atoms with Crippen molar-refractivity contribution in [3.63, 3.8) is 0 Å². The second kappa shape index (κ2) is 5.87. The predicted molar refractivity (Wildman–Crippen MR) is 84.3 cm³/mol. The van der Waals surface area contributed by atoms with Gasteiger partial charge in [-0.05, 0) is 31.2 Å². The van der Waals surface area contributed by atoms with Gasteiger partial charge >= 0.3 is 0 Å². The number of fused-ring (bicyclic) bond motifs is 1. The van der Waals surface area contributed by atoms with Crippen molar-refractivity contribution in [3.8, 4) is 5.75 Å². The minimum absolute atomic E-state index is 0.359. The fourth-order valence-electron chi connectivity index (χ4n) is 2.19. The smallest absolute Gasteiger partial charge is 0.137 e. The standard InChI is InChI=1S/C16H15BrN2O2/c1-11(20)14-6-5-12(17)8-15(14)21-10-13-9-19-7-3-2-4-16(19)18-13/h2-9,11,20H,10H2,1H3/t11-/m1/s1. The molecule has 0 saturated heterocycles. The van der Waals surface area contributed by atoms with Crippen molar-refractivity contribution in [3.05, 3.63) is 64.5 Å². The Morgan fingerprint density at radius 3 is 2.95 bits per heavy atom. The van der Waals surface area contributed by atoms with Crippen molar-refractivity contribution in [2.75, 3.05) is 0 Å². The largest absolute Gasteiger partial charge is 0.487 e. The number of pyridine rings is 1. The summed E-state index contributed by atoms with van der Waals surface area (Å²) in [7, 11) is 0. The van der Waals surface area contributed by atoms with E-state index in [0.717, 1.165) is 21.4 Å². The van der Waals surface area contributed by atoms with Crippen LogP contribution in [0.15, 0.2) is 53.3 Å². The van der Waals surface area contributed by atoms with Gasteiger partial charge in [-0.15, -0.1) is 0 Å². The van der Waals surface area contributed by atoms with Crippen LogP contribution < -0.4 is 4.74 Å². The molecule has 21 heavy (non-hydrogen) atoms. The molecule has 3 rings (SSSR count). The molecule has 1 atom stereocenters.